The number of ether oxygens (including phenoxy) is 2. The second-order valence-electron chi connectivity index (χ2n) is 9.96. The molecular weight excluding hydrogens is 595 g/mol. The molecule has 0 bridgehead atoms. The van der Waals surface area contributed by atoms with E-state index in [1.807, 2.05) is 41.8 Å². The summed E-state index contributed by atoms with van der Waals surface area (Å²) in [7, 11) is 0. The second-order valence-corrected chi connectivity index (χ2v) is 9.96. The number of fused-ring (bicyclic) bond motifs is 1. The molecule has 0 aliphatic heterocycles. The van der Waals surface area contributed by atoms with Crippen LogP contribution in [0.3, 0.4) is 0 Å². The number of carbonyl (C=O) groups excluding carboxylic acids is 1. The zero-order valence-corrected chi connectivity index (χ0v) is 24.2. The van der Waals surface area contributed by atoms with Crippen LogP contribution in [0.15, 0.2) is 59.4 Å². The number of aromatic hydroxyl groups is 1. The highest BCUT2D eigenvalue weighted by molar-refractivity contribution is 5.95. The van der Waals surface area contributed by atoms with Crippen LogP contribution in [0.5, 0.6) is 17.2 Å². The van der Waals surface area contributed by atoms with Crippen LogP contribution >= 0.6 is 0 Å². The third-order valence-corrected chi connectivity index (χ3v) is 6.88. The van der Waals surface area contributed by atoms with Gasteiger partial charge in [0.15, 0.2) is 34.6 Å². The number of pyridine rings is 1. The van der Waals surface area contributed by atoms with E-state index in [9.17, 15) is 23.1 Å². The number of nitrogens with one attached hydrogen (secondary N) is 1. The Morgan fingerprint density at radius 1 is 1.07 bits per heavy atom. The van der Waals surface area contributed by atoms with Gasteiger partial charge in [-0.1, -0.05) is 36.4 Å². The lowest BCUT2D eigenvalue weighted by molar-refractivity contribution is -0.189. The summed E-state index contributed by atoms with van der Waals surface area (Å²) in [4.78, 5) is 20.5. The molecule has 236 valence electrons. The number of unbranched alkanes of at least 4 members (excludes halogenated alkanes) is 1. The lowest BCUT2D eigenvalue weighted by Gasteiger charge is -2.12. The Bertz CT molecular complexity index is 1770. The molecule has 0 spiro atoms. The molecule has 5 aromatic rings. The molecule has 0 fully saturated rings. The molecule has 3 aromatic heterocycles. The van der Waals surface area contributed by atoms with Crippen LogP contribution in [0.4, 0.5) is 19.0 Å². The molecule has 0 atom stereocenters. The maximum absolute atomic E-state index is 12.4. The van der Waals surface area contributed by atoms with Crippen molar-refractivity contribution in [2.75, 3.05) is 25.4 Å². The number of hydrogen-bond acceptors (Lipinski definition) is 11. The Morgan fingerprint density at radius 3 is 2.56 bits per heavy atom. The average molecular weight is 626 g/mol. The number of nitrogen functional groups attached to an aromatic ring is 1. The summed E-state index contributed by atoms with van der Waals surface area (Å²) in [6.45, 7) is 4.20. The number of alkyl halides is 3. The lowest BCUT2D eigenvalue weighted by atomic mass is 10.1. The number of carbonyl (C=O) groups is 1. The lowest BCUT2D eigenvalue weighted by Crippen LogP contribution is -2.28. The molecule has 0 saturated heterocycles. The number of rotatable bonds is 13. The first-order chi connectivity index (χ1) is 21.7. The van der Waals surface area contributed by atoms with Gasteiger partial charge in [-0.25, -0.2) is 19.4 Å². The van der Waals surface area contributed by atoms with E-state index < -0.39 is 23.6 Å². The Hall–Kier alpha value is -5.18. The van der Waals surface area contributed by atoms with Crippen molar-refractivity contribution in [3.8, 4) is 40.0 Å². The van der Waals surface area contributed by atoms with E-state index in [1.54, 1.807) is 6.20 Å². The number of nitrogens with zero attached hydrogens (tertiary/aromatic N) is 5. The van der Waals surface area contributed by atoms with E-state index in [4.69, 9.17) is 20.1 Å². The number of phenols is 1. The van der Waals surface area contributed by atoms with Gasteiger partial charge in [0.25, 0.3) is 0 Å². The van der Waals surface area contributed by atoms with E-state index in [0.29, 0.717) is 66.7 Å². The van der Waals surface area contributed by atoms with Crippen molar-refractivity contribution >= 4 is 22.8 Å². The van der Waals surface area contributed by atoms with Gasteiger partial charge in [-0.3, -0.25) is 0 Å². The Morgan fingerprint density at radius 2 is 1.87 bits per heavy atom. The first-order valence-electron chi connectivity index (χ1n) is 14.1. The Balaban J connectivity index is 1.17. The molecular formula is C30H30F3N7O5. The standard InChI is InChI=1S/C30H30F3N7O5/c1-2-40-26-22(17-36-23(19-8-4-3-5-9-19)24(26)37-28(40)25-27(34)39-45-38-25)43-15-7-6-13-35-14-12-18-10-11-21(20(41)16-18)44-29(42)30(31,32)33/h3-5,8-11,16-17,35,41H,2,6-7,12-15H2,1H3,(H2,34,39). The molecule has 12 nitrogen and oxygen atoms in total. The number of anilines is 1. The minimum absolute atomic E-state index is 0.129. The highest BCUT2D eigenvalue weighted by Gasteiger charge is 2.41. The Labute approximate surface area is 254 Å². The zero-order chi connectivity index (χ0) is 32.0. The molecule has 0 radical (unpaired) electrons. The van der Waals surface area contributed by atoms with Gasteiger partial charge in [0.05, 0.1) is 18.5 Å². The van der Waals surface area contributed by atoms with Crippen LogP contribution in [0.25, 0.3) is 33.8 Å². The number of phenolic OH excluding ortho intramolecular Hbond substituents is 1. The number of benzene rings is 2. The quantitative estimate of drug-likeness (QED) is 0.0925. The first kappa shape index (κ1) is 31.3. The van der Waals surface area contributed by atoms with E-state index >= 15 is 0 Å². The summed E-state index contributed by atoms with van der Waals surface area (Å²) in [5.74, 6) is -2.29. The van der Waals surface area contributed by atoms with Crippen molar-refractivity contribution in [2.24, 2.45) is 0 Å². The number of aromatic nitrogens is 5. The minimum Gasteiger partial charge on any atom is -0.504 e. The molecule has 3 heterocycles. The molecule has 0 amide bonds. The van der Waals surface area contributed by atoms with E-state index in [2.05, 4.69) is 25.4 Å². The van der Waals surface area contributed by atoms with Crippen molar-refractivity contribution in [1.29, 1.82) is 0 Å². The SMILES string of the molecule is CCn1c(-c2nonc2N)nc2c(-c3ccccc3)ncc(OCCCCNCCc3ccc(OC(=O)C(F)(F)F)c(O)c3)c21. The van der Waals surface area contributed by atoms with Crippen LogP contribution in [-0.2, 0) is 17.8 Å². The molecule has 15 heteroatoms. The molecule has 0 saturated carbocycles. The monoisotopic (exact) mass is 625 g/mol. The maximum atomic E-state index is 12.4. The predicted molar refractivity (Wildman–Crippen MR) is 157 cm³/mol. The molecule has 0 unspecified atom stereocenters. The number of halogens is 3. The van der Waals surface area contributed by atoms with Gasteiger partial charge in [0.1, 0.15) is 11.0 Å². The zero-order valence-electron chi connectivity index (χ0n) is 24.2. The van der Waals surface area contributed by atoms with Gasteiger partial charge < -0.3 is 30.2 Å². The van der Waals surface area contributed by atoms with Gasteiger partial charge in [-0.15, -0.1) is 0 Å². The van der Waals surface area contributed by atoms with Crippen LogP contribution in [0, 0.1) is 0 Å². The van der Waals surface area contributed by atoms with Gasteiger partial charge >= 0.3 is 12.1 Å². The summed E-state index contributed by atoms with van der Waals surface area (Å²) in [6.07, 6.45) is -1.42. The molecule has 0 aliphatic rings. The van der Waals surface area contributed by atoms with Crippen molar-refractivity contribution in [3.05, 3.63) is 60.3 Å². The number of imidazole rings is 1. The number of esters is 1. The number of nitrogens with two attached hydrogens (primary N) is 1. The van der Waals surface area contributed by atoms with Crippen molar-refractivity contribution in [3.63, 3.8) is 0 Å². The Kier molecular flexibility index (Phi) is 9.47. The van der Waals surface area contributed by atoms with Crippen molar-refractivity contribution < 1.29 is 37.2 Å². The largest absolute Gasteiger partial charge is 0.504 e. The van der Waals surface area contributed by atoms with Crippen molar-refractivity contribution in [2.45, 2.75) is 38.9 Å². The van der Waals surface area contributed by atoms with Crippen LogP contribution in [0.2, 0.25) is 0 Å². The van der Waals surface area contributed by atoms with E-state index in [1.165, 1.54) is 12.1 Å². The van der Waals surface area contributed by atoms with Gasteiger partial charge in [0, 0.05) is 12.1 Å². The summed E-state index contributed by atoms with van der Waals surface area (Å²) in [6, 6.07) is 13.6. The molecule has 4 N–H and O–H groups in total. The van der Waals surface area contributed by atoms with Crippen LogP contribution in [-0.4, -0.2) is 61.8 Å². The summed E-state index contributed by atoms with van der Waals surface area (Å²) < 4.78 is 54.3. The smallest absolute Gasteiger partial charge is 0.491 e. The van der Waals surface area contributed by atoms with Crippen LogP contribution in [0.1, 0.15) is 25.3 Å². The molecule has 2 aromatic carbocycles. The summed E-state index contributed by atoms with van der Waals surface area (Å²) in [5.41, 5.74) is 9.97. The topological polar surface area (TPSA) is 163 Å². The van der Waals surface area contributed by atoms with Gasteiger partial charge in [0.2, 0.25) is 0 Å². The number of hydrogen-bond donors (Lipinski definition) is 3. The highest BCUT2D eigenvalue weighted by Crippen LogP contribution is 2.36. The third-order valence-electron chi connectivity index (χ3n) is 6.88. The summed E-state index contributed by atoms with van der Waals surface area (Å²) in [5, 5.41) is 20.9. The average Bonchev–Trinajstić information content (AvgIpc) is 3.62. The van der Waals surface area contributed by atoms with Gasteiger partial charge in [-0.2, -0.15) is 13.2 Å². The fraction of sp³-hybridized carbons (Fsp3) is 0.300. The number of aryl methyl sites for hydroxylation is 1. The highest BCUT2D eigenvalue weighted by atomic mass is 19.4. The third kappa shape index (κ3) is 7.15. The minimum atomic E-state index is -5.15. The predicted octanol–water partition coefficient (Wildman–Crippen LogP) is 4.92. The first-order valence-corrected chi connectivity index (χ1v) is 14.1. The molecule has 45 heavy (non-hydrogen) atoms. The van der Waals surface area contributed by atoms with Crippen molar-refractivity contribution in [1.82, 2.24) is 30.2 Å². The fourth-order valence-electron chi connectivity index (χ4n) is 4.72. The maximum Gasteiger partial charge on any atom is 0.491 e. The molecule has 5 rings (SSSR count). The summed E-state index contributed by atoms with van der Waals surface area (Å²) >= 11 is 0. The second kappa shape index (κ2) is 13.6. The van der Waals surface area contributed by atoms with Crippen LogP contribution < -0.4 is 20.5 Å². The molecule has 0 aliphatic carbocycles. The van der Waals surface area contributed by atoms with E-state index in [0.717, 1.165) is 30.0 Å². The fourth-order valence-corrected chi connectivity index (χ4v) is 4.72. The normalized spacial score (nSPS) is 11.6. The van der Waals surface area contributed by atoms with E-state index in [-0.39, 0.29) is 5.82 Å². The van der Waals surface area contributed by atoms with Gasteiger partial charge in [-0.05, 0) is 67.3 Å².